The van der Waals surface area contributed by atoms with Gasteiger partial charge in [-0.25, -0.2) is 0 Å². The Hall–Kier alpha value is -0.810. The standard InChI is InChI=1S/C15H21ClN2O2/c1-10(17)11-2-3-18(6-11)7-12-4-14(16)5-13-8-19-9-20-15(12)13/h4-5,10-11H,2-3,6-9,17H2,1H3. The van der Waals surface area contributed by atoms with Crippen molar-refractivity contribution in [3.8, 4) is 5.75 Å². The SMILES string of the molecule is CC(N)C1CCN(Cc2cc(Cl)cc3c2OCOC3)C1. The van der Waals surface area contributed by atoms with Gasteiger partial charge in [0.05, 0.1) is 6.61 Å². The summed E-state index contributed by atoms with van der Waals surface area (Å²) in [5.74, 6) is 1.54. The van der Waals surface area contributed by atoms with E-state index < -0.39 is 0 Å². The summed E-state index contributed by atoms with van der Waals surface area (Å²) < 4.78 is 11.0. The van der Waals surface area contributed by atoms with Gasteiger partial charge >= 0.3 is 0 Å². The normalized spacial score (nSPS) is 24.2. The molecule has 5 heteroatoms. The van der Waals surface area contributed by atoms with Gasteiger partial charge in [0.25, 0.3) is 0 Å². The van der Waals surface area contributed by atoms with Crippen molar-refractivity contribution < 1.29 is 9.47 Å². The quantitative estimate of drug-likeness (QED) is 0.930. The number of hydrogen-bond donors (Lipinski definition) is 1. The molecule has 0 radical (unpaired) electrons. The van der Waals surface area contributed by atoms with E-state index >= 15 is 0 Å². The summed E-state index contributed by atoms with van der Waals surface area (Å²) in [6, 6.07) is 4.19. The van der Waals surface area contributed by atoms with Gasteiger partial charge in [0.1, 0.15) is 5.75 Å². The molecular formula is C15H21ClN2O2. The van der Waals surface area contributed by atoms with Crippen LogP contribution in [-0.2, 0) is 17.9 Å². The van der Waals surface area contributed by atoms with Crippen molar-refractivity contribution in [2.45, 2.75) is 32.5 Å². The summed E-state index contributed by atoms with van der Waals surface area (Å²) in [7, 11) is 0. The lowest BCUT2D eigenvalue weighted by molar-refractivity contribution is -0.0174. The maximum atomic E-state index is 6.20. The monoisotopic (exact) mass is 296 g/mol. The molecule has 2 N–H and O–H groups in total. The van der Waals surface area contributed by atoms with Crippen LogP contribution in [0.1, 0.15) is 24.5 Å². The van der Waals surface area contributed by atoms with E-state index in [-0.39, 0.29) is 6.04 Å². The van der Waals surface area contributed by atoms with Crippen molar-refractivity contribution in [2.75, 3.05) is 19.9 Å². The molecule has 20 heavy (non-hydrogen) atoms. The predicted molar refractivity (Wildman–Crippen MR) is 78.8 cm³/mol. The van der Waals surface area contributed by atoms with Crippen LogP contribution in [0.4, 0.5) is 0 Å². The molecule has 0 aliphatic carbocycles. The first-order chi connectivity index (χ1) is 9.63. The van der Waals surface area contributed by atoms with Gasteiger partial charge in [-0.15, -0.1) is 0 Å². The molecule has 2 unspecified atom stereocenters. The second-order valence-electron chi connectivity index (χ2n) is 5.81. The molecule has 0 saturated carbocycles. The summed E-state index contributed by atoms with van der Waals surface area (Å²) in [6.07, 6.45) is 1.17. The molecule has 3 rings (SSSR count). The Labute approximate surface area is 124 Å². The van der Waals surface area contributed by atoms with Crippen LogP contribution in [0.3, 0.4) is 0 Å². The minimum Gasteiger partial charge on any atom is -0.467 e. The number of nitrogens with zero attached hydrogens (tertiary/aromatic N) is 1. The van der Waals surface area contributed by atoms with E-state index in [1.807, 2.05) is 12.1 Å². The van der Waals surface area contributed by atoms with E-state index in [4.69, 9.17) is 26.8 Å². The molecule has 0 bridgehead atoms. The molecule has 1 saturated heterocycles. The molecule has 1 fully saturated rings. The van der Waals surface area contributed by atoms with Crippen LogP contribution in [0.15, 0.2) is 12.1 Å². The Morgan fingerprint density at radius 1 is 1.50 bits per heavy atom. The third kappa shape index (κ3) is 2.93. The summed E-state index contributed by atoms with van der Waals surface area (Å²) in [6.45, 7) is 6.00. The van der Waals surface area contributed by atoms with Crippen LogP contribution in [0, 0.1) is 5.92 Å². The van der Waals surface area contributed by atoms with E-state index in [0.717, 1.165) is 41.5 Å². The average Bonchev–Trinajstić information content (AvgIpc) is 2.87. The largest absolute Gasteiger partial charge is 0.467 e. The van der Waals surface area contributed by atoms with Crippen molar-refractivity contribution >= 4 is 11.6 Å². The number of likely N-dealkylation sites (tertiary alicyclic amines) is 1. The summed E-state index contributed by atoms with van der Waals surface area (Å²) >= 11 is 6.20. The topological polar surface area (TPSA) is 47.7 Å². The van der Waals surface area contributed by atoms with Gasteiger partial charge in [0.15, 0.2) is 6.79 Å². The van der Waals surface area contributed by atoms with Gasteiger partial charge in [-0.2, -0.15) is 0 Å². The fraction of sp³-hybridized carbons (Fsp3) is 0.600. The zero-order chi connectivity index (χ0) is 14.1. The molecule has 2 aliphatic heterocycles. The number of fused-ring (bicyclic) bond motifs is 1. The third-order valence-corrected chi connectivity index (χ3v) is 4.42. The van der Waals surface area contributed by atoms with Crippen molar-refractivity contribution in [1.29, 1.82) is 0 Å². The average molecular weight is 297 g/mol. The van der Waals surface area contributed by atoms with Crippen molar-refractivity contribution in [2.24, 2.45) is 11.7 Å². The summed E-state index contributed by atoms with van der Waals surface area (Å²) in [5, 5.41) is 0.746. The molecule has 110 valence electrons. The first-order valence-corrected chi connectivity index (χ1v) is 7.51. The minimum atomic E-state index is 0.262. The summed E-state index contributed by atoms with van der Waals surface area (Å²) in [4.78, 5) is 2.43. The maximum Gasteiger partial charge on any atom is 0.189 e. The number of benzene rings is 1. The van der Waals surface area contributed by atoms with Gasteiger partial charge in [-0.1, -0.05) is 11.6 Å². The molecule has 1 aromatic rings. The zero-order valence-electron chi connectivity index (χ0n) is 11.8. The molecule has 1 aromatic carbocycles. The maximum absolute atomic E-state index is 6.20. The van der Waals surface area contributed by atoms with Crippen LogP contribution in [0.2, 0.25) is 5.02 Å². The van der Waals surface area contributed by atoms with Crippen LogP contribution in [-0.4, -0.2) is 30.8 Å². The van der Waals surface area contributed by atoms with E-state index in [1.165, 1.54) is 6.42 Å². The lowest BCUT2D eigenvalue weighted by Crippen LogP contribution is -2.29. The molecule has 2 atom stereocenters. The Bertz CT molecular complexity index is 493. The predicted octanol–water partition coefficient (Wildman–Crippen LogP) is 2.38. The van der Waals surface area contributed by atoms with E-state index in [9.17, 15) is 0 Å². The van der Waals surface area contributed by atoms with Crippen LogP contribution in [0.5, 0.6) is 5.75 Å². The number of rotatable bonds is 3. The number of ether oxygens (including phenoxy) is 2. The highest BCUT2D eigenvalue weighted by molar-refractivity contribution is 6.30. The van der Waals surface area contributed by atoms with Gasteiger partial charge in [0, 0.05) is 35.3 Å². The number of hydrogen-bond acceptors (Lipinski definition) is 4. The van der Waals surface area contributed by atoms with E-state index in [2.05, 4.69) is 11.8 Å². The van der Waals surface area contributed by atoms with Crippen molar-refractivity contribution in [1.82, 2.24) is 4.90 Å². The van der Waals surface area contributed by atoms with E-state index in [1.54, 1.807) is 0 Å². The fourth-order valence-corrected chi connectivity index (χ4v) is 3.31. The lowest BCUT2D eigenvalue weighted by atomic mass is 10.0. The highest BCUT2D eigenvalue weighted by Gasteiger charge is 2.26. The highest BCUT2D eigenvalue weighted by atomic mass is 35.5. The molecule has 0 amide bonds. The molecule has 4 nitrogen and oxygen atoms in total. The fourth-order valence-electron chi connectivity index (χ4n) is 3.05. The molecule has 2 aliphatic rings. The molecule has 0 spiro atoms. The van der Waals surface area contributed by atoms with Gasteiger partial charge in [0.2, 0.25) is 0 Å². The van der Waals surface area contributed by atoms with Crippen LogP contribution < -0.4 is 10.5 Å². The van der Waals surface area contributed by atoms with Gasteiger partial charge < -0.3 is 15.2 Å². The summed E-state index contributed by atoms with van der Waals surface area (Å²) in [5.41, 5.74) is 8.20. The third-order valence-electron chi connectivity index (χ3n) is 4.20. The lowest BCUT2D eigenvalue weighted by Gasteiger charge is -2.24. The second-order valence-corrected chi connectivity index (χ2v) is 6.24. The smallest absolute Gasteiger partial charge is 0.189 e. The Morgan fingerprint density at radius 2 is 2.35 bits per heavy atom. The number of halogens is 1. The Balaban J connectivity index is 1.76. The second kappa shape index (κ2) is 5.90. The Kier molecular flexibility index (Phi) is 4.17. The first-order valence-electron chi connectivity index (χ1n) is 7.13. The van der Waals surface area contributed by atoms with E-state index in [0.29, 0.717) is 19.3 Å². The minimum absolute atomic E-state index is 0.262. The highest BCUT2D eigenvalue weighted by Crippen LogP contribution is 2.33. The van der Waals surface area contributed by atoms with Crippen molar-refractivity contribution in [3.63, 3.8) is 0 Å². The van der Waals surface area contributed by atoms with Crippen LogP contribution >= 0.6 is 11.6 Å². The van der Waals surface area contributed by atoms with Crippen molar-refractivity contribution in [3.05, 3.63) is 28.3 Å². The number of nitrogens with two attached hydrogens (primary N) is 1. The van der Waals surface area contributed by atoms with Gasteiger partial charge in [-0.3, -0.25) is 4.90 Å². The van der Waals surface area contributed by atoms with Crippen LogP contribution in [0.25, 0.3) is 0 Å². The van der Waals surface area contributed by atoms with Gasteiger partial charge in [-0.05, 0) is 37.9 Å². The molecule has 2 heterocycles. The molecule has 0 aromatic heterocycles. The first kappa shape index (κ1) is 14.1. The molecular weight excluding hydrogens is 276 g/mol. The Morgan fingerprint density at radius 3 is 3.10 bits per heavy atom. The zero-order valence-corrected chi connectivity index (χ0v) is 12.5.